The van der Waals surface area contributed by atoms with E-state index in [0.717, 1.165) is 27.7 Å². The highest BCUT2D eigenvalue weighted by atomic mass is 16.6. The molecule has 1 aliphatic rings. The zero-order valence-electron chi connectivity index (χ0n) is 16.3. The summed E-state index contributed by atoms with van der Waals surface area (Å²) >= 11 is 0. The minimum absolute atomic E-state index is 0.293. The predicted molar refractivity (Wildman–Crippen MR) is 112 cm³/mol. The number of nitrogens with zero attached hydrogens (tertiary/aromatic N) is 4. The van der Waals surface area contributed by atoms with Crippen LogP contribution in [0.3, 0.4) is 0 Å². The van der Waals surface area contributed by atoms with Crippen LogP contribution in [0, 0.1) is 6.92 Å². The molecule has 1 amide bonds. The molecule has 0 unspecified atom stereocenters. The van der Waals surface area contributed by atoms with Gasteiger partial charge in [0.15, 0.2) is 0 Å². The number of benzene rings is 2. The molecular formula is C22H19N5O3. The molecule has 1 saturated heterocycles. The fourth-order valence-electron chi connectivity index (χ4n) is 3.45. The third-order valence-electron chi connectivity index (χ3n) is 4.91. The lowest BCUT2D eigenvalue weighted by molar-refractivity contribution is 0.181. The van der Waals surface area contributed by atoms with Crippen LogP contribution in [0.1, 0.15) is 11.4 Å². The van der Waals surface area contributed by atoms with Crippen LogP contribution in [0.5, 0.6) is 0 Å². The van der Waals surface area contributed by atoms with Gasteiger partial charge in [0.2, 0.25) is 11.9 Å². The molecule has 2 aromatic carbocycles. The van der Waals surface area contributed by atoms with Crippen molar-refractivity contribution in [3.8, 4) is 11.1 Å². The van der Waals surface area contributed by atoms with E-state index in [1.165, 1.54) is 4.90 Å². The van der Waals surface area contributed by atoms with Gasteiger partial charge in [-0.2, -0.15) is 15.0 Å². The largest absolute Gasteiger partial charge is 0.464 e. The Morgan fingerprint density at radius 2 is 1.97 bits per heavy atom. The molecule has 0 saturated carbocycles. The van der Waals surface area contributed by atoms with Crippen molar-refractivity contribution in [1.29, 1.82) is 0 Å². The van der Waals surface area contributed by atoms with Gasteiger partial charge in [-0.25, -0.2) is 9.69 Å². The summed E-state index contributed by atoms with van der Waals surface area (Å²) in [6.45, 7) is 3.03. The highest BCUT2D eigenvalue weighted by Crippen LogP contribution is 2.31. The molecule has 1 N–H and O–H groups in total. The third kappa shape index (κ3) is 3.43. The number of carbonyl (C=O) groups excluding carboxylic acids is 1. The number of nitrogens with one attached hydrogen (secondary N) is 1. The first-order valence-corrected chi connectivity index (χ1v) is 9.64. The number of aromatic nitrogens is 3. The molecule has 0 bridgehead atoms. The fourth-order valence-corrected chi connectivity index (χ4v) is 3.45. The summed E-state index contributed by atoms with van der Waals surface area (Å²) < 4.78 is 10.7. The molecule has 8 nitrogen and oxygen atoms in total. The Balaban J connectivity index is 1.35. The number of aryl methyl sites for hydroxylation is 1. The lowest BCUT2D eigenvalue weighted by atomic mass is 10.0. The normalized spacial score (nSPS) is 13.6. The molecule has 0 atom stereocenters. The number of carbonyl (C=O) groups is 1. The molecule has 1 aliphatic heterocycles. The van der Waals surface area contributed by atoms with E-state index in [1.54, 1.807) is 13.2 Å². The number of amides is 1. The van der Waals surface area contributed by atoms with Gasteiger partial charge in [0.05, 0.1) is 12.8 Å². The van der Waals surface area contributed by atoms with Gasteiger partial charge < -0.3 is 14.5 Å². The Hall–Kier alpha value is -3.94. The zero-order chi connectivity index (χ0) is 20.5. The summed E-state index contributed by atoms with van der Waals surface area (Å²) in [4.78, 5) is 26.1. The second-order valence-electron chi connectivity index (χ2n) is 6.97. The van der Waals surface area contributed by atoms with Crippen LogP contribution < -0.4 is 10.2 Å². The van der Waals surface area contributed by atoms with Crippen molar-refractivity contribution < 1.29 is 13.9 Å². The Morgan fingerprint density at radius 3 is 2.77 bits per heavy atom. The summed E-state index contributed by atoms with van der Waals surface area (Å²) in [6.07, 6.45) is 1.34. The highest BCUT2D eigenvalue weighted by Gasteiger charge is 2.26. The second-order valence-corrected chi connectivity index (χ2v) is 6.97. The Kier molecular flexibility index (Phi) is 4.51. The van der Waals surface area contributed by atoms with Crippen molar-refractivity contribution in [2.24, 2.45) is 0 Å². The number of hydrogen-bond acceptors (Lipinski definition) is 7. The molecular weight excluding hydrogens is 382 g/mol. The SMILES string of the molecule is Cc1nc(NCc2ccc3c(-c4ccccc4)coc3c2)nc(N2CCOC2=O)n1. The van der Waals surface area contributed by atoms with E-state index < -0.39 is 6.09 Å². The topological polar surface area (TPSA) is 93.4 Å². The average Bonchev–Trinajstić information content (AvgIpc) is 3.38. The quantitative estimate of drug-likeness (QED) is 0.537. The molecule has 5 rings (SSSR count). The molecule has 4 aromatic rings. The van der Waals surface area contributed by atoms with Gasteiger partial charge in [0.1, 0.15) is 18.0 Å². The zero-order valence-corrected chi connectivity index (χ0v) is 16.3. The molecule has 150 valence electrons. The van der Waals surface area contributed by atoms with E-state index in [4.69, 9.17) is 9.15 Å². The maximum absolute atomic E-state index is 11.8. The van der Waals surface area contributed by atoms with Crippen LogP contribution in [0.15, 0.2) is 59.2 Å². The third-order valence-corrected chi connectivity index (χ3v) is 4.91. The van der Waals surface area contributed by atoms with Gasteiger partial charge in [0, 0.05) is 17.5 Å². The molecule has 1 fully saturated rings. The minimum Gasteiger partial charge on any atom is -0.464 e. The number of cyclic esters (lactones) is 1. The Morgan fingerprint density at radius 1 is 1.10 bits per heavy atom. The van der Waals surface area contributed by atoms with Crippen LogP contribution in [0.2, 0.25) is 0 Å². The molecule has 0 spiro atoms. The lowest BCUT2D eigenvalue weighted by Gasteiger charge is -2.12. The standard InChI is InChI=1S/C22H19N5O3/c1-14-24-20(26-21(25-14)27-9-10-29-22(27)28)23-12-15-7-8-17-18(13-30-19(17)11-15)16-5-3-2-4-6-16/h2-8,11,13H,9-10,12H2,1H3,(H,23,24,25,26). The maximum atomic E-state index is 11.8. The molecule has 0 aliphatic carbocycles. The number of fused-ring (bicyclic) bond motifs is 1. The number of anilines is 2. The Bertz CT molecular complexity index is 1220. The number of ether oxygens (including phenoxy) is 1. The first-order chi connectivity index (χ1) is 14.7. The van der Waals surface area contributed by atoms with E-state index in [2.05, 4.69) is 38.5 Å². The summed E-state index contributed by atoms with van der Waals surface area (Å²) in [6, 6.07) is 16.3. The first kappa shape index (κ1) is 18.1. The van der Waals surface area contributed by atoms with Crippen molar-refractivity contribution in [2.75, 3.05) is 23.4 Å². The first-order valence-electron chi connectivity index (χ1n) is 9.64. The van der Waals surface area contributed by atoms with Crippen molar-refractivity contribution in [3.05, 3.63) is 66.2 Å². The Labute approximate surface area is 172 Å². The van der Waals surface area contributed by atoms with Crippen LogP contribution in [0.25, 0.3) is 22.1 Å². The molecule has 2 aromatic heterocycles. The molecule has 30 heavy (non-hydrogen) atoms. The number of furan rings is 1. The minimum atomic E-state index is -0.441. The summed E-state index contributed by atoms with van der Waals surface area (Å²) in [5.41, 5.74) is 4.04. The highest BCUT2D eigenvalue weighted by molar-refractivity contribution is 5.94. The molecule has 8 heteroatoms. The number of rotatable bonds is 5. The maximum Gasteiger partial charge on any atom is 0.416 e. The van der Waals surface area contributed by atoms with Crippen molar-refractivity contribution in [3.63, 3.8) is 0 Å². The smallest absolute Gasteiger partial charge is 0.416 e. The number of hydrogen-bond donors (Lipinski definition) is 1. The van der Waals surface area contributed by atoms with E-state index in [0.29, 0.717) is 37.4 Å². The van der Waals surface area contributed by atoms with Crippen LogP contribution in [-0.4, -0.2) is 34.2 Å². The van der Waals surface area contributed by atoms with Gasteiger partial charge in [-0.3, -0.25) is 0 Å². The fraction of sp³-hybridized carbons (Fsp3) is 0.182. The van der Waals surface area contributed by atoms with Crippen molar-refractivity contribution >= 4 is 29.0 Å². The van der Waals surface area contributed by atoms with Crippen LogP contribution in [-0.2, 0) is 11.3 Å². The summed E-state index contributed by atoms with van der Waals surface area (Å²) in [7, 11) is 0. The van der Waals surface area contributed by atoms with Gasteiger partial charge >= 0.3 is 6.09 Å². The van der Waals surface area contributed by atoms with E-state index in [-0.39, 0.29) is 0 Å². The van der Waals surface area contributed by atoms with Crippen molar-refractivity contribution in [2.45, 2.75) is 13.5 Å². The van der Waals surface area contributed by atoms with Gasteiger partial charge in [-0.1, -0.05) is 42.5 Å². The monoisotopic (exact) mass is 401 g/mol. The molecule has 3 heterocycles. The predicted octanol–water partition coefficient (Wildman–Crippen LogP) is 4.16. The molecule has 0 radical (unpaired) electrons. The van der Waals surface area contributed by atoms with Gasteiger partial charge in [-0.15, -0.1) is 0 Å². The van der Waals surface area contributed by atoms with Gasteiger partial charge in [-0.05, 0) is 24.1 Å². The second kappa shape index (κ2) is 7.47. The van der Waals surface area contributed by atoms with Crippen LogP contribution in [0.4, 0.5) is 16.7 Å². The van der Waals surface area contributed by atoms with Gasteiger partial charge in [0.25, 0.3) is 0 Å². The van der Waals surface area contributed by atoms with Crippen molar-refractivity contribution in [1.82, 2.24) is 15.0 Å². The summed E-state index contributed by atoms with van der Waals surface area (Å²) in [5.74, 6) is 1.22. The lowest BCUT2D eigenvalue weighted by Crippen LogP contribution is -2.26. The van der Waals surface area contributed by atoms with E-state index >= 15 is 0 Å². The van der Waals surface area contributed by atoms with E-state index in [1.807, 2.05) is 30.3 Å². The van der Waals surface area contributed by atoms with E-state index in [9.17, 15) is 4.79 Å². The average molecular weight is 401 g/mol. The van der Waals surface area contributed by atoms with Crippen LogP contribution >= 0.6 is 0 Å². The summed E-state index contributed by atoms with van der Waals surface area (Å²) in [5, 5.41) is 4.27.